The van der Waals surface area contributed by atoms with Crippen molar-refractivity contribution >= 4 is 19.0 Å². The van der Waals surface area contributed by atoms with Crippen molar-refractivity contribution in [2.75, 3.05) is 6.61 Å². The van der Waals surface area contributed by atoms with Gasteiger partial charge in [-0.2, -0.15) is 23.4 Å². The maximum Gasteiger partial charge on any atom is 0.408 e. The number of hydrogen-bond acceptors (Lipinski definition) is 4. The van der Waals surface area contributed by atoms with Gasteiger partial charge in [0, 0.05) is 38.0 Å². The molecule has 0 aromatic carbocycles. The van der Waals surface area contributed by atoms with E-state index in [4.69, 9.17) is 4.74 Å². The zero-order chi connectivity index (χ0) is 19.7. The molecule has 0 spiro atoms. The van der Waals surface area contributed by atoms with Crippen LogP contribution in [0.5, 0.6) is 0 Å². The third-order valence-electron chi connectivity index (χ3n) is 4.01. The number of ether oxygens (including phenoxy) is 1. The van der Waals surface area contributed by atoms with Gasteiger partial charge < -0.3 is 4.74 Å². The summed E-state index contributed by atoms with van der Waals surface area (Å²) in [6.07, 6.45) is 1.75. The van der Waals surface area contributed by atoms with E-state index in [-0.39, 0.29) is 0 Å². The minimum absolute atomic E-state index is 0.324. The lowest BCUT2D eigenvalue weighted by molar-refractivity contribution is -0.142. The standard InChI is InChI=1S/C17H22F3N5OSi/c1-27(2,3)5-4-26-12-25-16-6-15(21-7-13(16)8-23-25)14-9-22-24(10-14)11-17(18,19)20/h6-10H,4-5,11-12H2,1-3H3. The number of aromatic nitrogens is 5. The van der Waals surface area contributed by atoms with Gasteiger partial charge in [-0.15, -0.1) is 0 Å². The molecule has 0 aliphatic rings. The topological polar surface area (TPSA) is 57.8 Å². The van der Waals surface area contributed by atoms with Gasteiger partial charge in [0.1, 0.15) is 13.3 Å². The van der Waals surface area contributed by atoms with Crippen molar-refractivity contribution in [2.45, 2.75) is 45.1 Å². The summed E-state index contributed by atoms with van der Waals surface area (Å²) in [5.74, 6) is 0. The van der Waals surface area contributed by atoms with Crippen LogP contribution in [0.3, 0.4) is 0 Å². The quantitative estimate of drug-likeness (QED) is 0.444. The van der Waals surface area contributed by atoms with Gasteiger partial charge in [0.2, 0.25) is 0 Å². The molecule has 0 bridgehead atoms. The van der Waals surface area contributed by atoms with E-state index in [0.29, 0.717) is 24.6 Å². The number of pyridine rings is 1. The third kappa shape index (κ3) is 5.39. The Bertz CT molecular complexity index is 913. The molecule has 3 heterocycles. The Hall–Kier alpha value is -2.20. The number of alkyl halides is 3. The zero-order valence-electron chi connectivity index (χ0n) is 15.5. The highest BCUT2D eigenvalue weighted by atomic mass is 28.3. The Morgan fingerprint density at radius 3 is 2.59 bits per heavy atom. The molecule has 3 aromatic heterocycles. The number of hydrogen-bond donors (Lipinski definition) is 0. The first-order chi connectivity index (χ1) is 12.6. The first-order valence-electron chi connectivity index (χ1n) is 8.60. The van der Waals surface area contributed by atoms with Crippen LogP contribution >= 0.6 is 0 Å². The van der Waals surface area contributed by atoms with Gasteiger partial charge in [-0.1, -0.05) is 19.6 Å². The molecule has 3 aromatic rings. The van der Waals surface area contributed by atoms with E-state index in [1.807, 2.05) is 0 Å². The summed E-state index contributed by atoms with van der Waals surface area (Å²) in [4.78, 5) is 4.31. The Morgan fingerprint density at radius 2 is 1.89 bits per heavy atom. The molecule has 0 atom stereocenters. The second kappa shape index (κ2) is 7.43. The van der Waals surface area contributed by atoms with Crippen LogP contribution in [-0.2, 0) is 18.0 Å². The lowest BCUT2D eigenvalue weighted by Crippen LogP contribution is -2.22. The molecule has 0 radical (unpaired) electrons. The lowest BCUT2D eigenvalue weighted by Gasteiger charge is -2.15. The van der Waals surface area contributed by atoms with Crippen LogP contribution in [0, 0.1) is 0 Å². The van der Waals surface area contributed by atoms with Crippen molar-refractivity contribution < 1.29 is 17.9 Å². The third-order valence-corrected chi connectivity index (χ3v) is 5.71. The maximum absolute atomic E-state index is 12.5. The molecule has 3 rings (SSSR count). The normalized spacial score (nSPS) is 12.8. The van der Waals surface area contributed by atoms with Gasteiger partial charge in [-0.3, -0.25) is 9.67 Å². The molecule has 0 unspecified atom stereocenters. The van der Waals surface area contributed by atoms with Crippen LogP contribution < -0.4 is 0 Å². The Kier molecular flexibility index (Phi) is 5.38. The van der Waals surface area contributed by atoms with E-state index in [1.165, 1.54) is 12.4 Å². The van der Waals surface area contributed by atoms with Gasteiger partial charge in [0.15, 0.2) is 0 Å². The maximum atomic E-state index is 12.5. The second-order valence-corrected chi connectivity index (χ2v) is 13.3. The molecule has 0 fully saturated rings. The van der Waals surface area contributed by atoms with Crippen molar-refractivity contribution in [2.24, 2.45) is 0 Å². The van der Waals surface area contributed by atoms with E-state index < -0.39 is 20.8 Å². The molecular weight excluding hydrogens is 375 g/mol. The number of halogens is 3. The zero-order valence-corrected chi connectivity index (χ0v) is 16.5. The molecule has 27 heavy (non-hydrogen) atoms. The number of rotatable bonds is 7. The van der Waals surface area contributed by atoms with Crippen molar-refractivity contribution in [3.63, 3.8) is 0 Å². The fourth-order valence-corrected chi connectivity index (χ4v) is 3.29. The molecule has 6 nitrogen and oxygen atoms in total. The van der Waals surface area contributed by atoms with E-state index >= 15 is 0 Å². The largest absolute Gasteiger partial charge is 0.408 e. The Labute approximate surface area is 156 Å². The number of nitrogens with zero attached hydrogens (tertiary/aromatic N) is 5. The average Bonchev–Trinajstić information content (AvgIpc) is 3.15. The van der Waals surface area contributed by atoms with Crippen LogP contribution in [0.4, 0.5) is 13.2 Å². The summed E-state index contributed by atoms with van der Waals surface area (Å²) in [6.45, 7) is 6.74. The van der Waals surface area contributed by atoms with E-state index in [0.717, 1.165) is 21.6 Å². The molecule has 0 N–H and O–H groups in total. The Morgan fingerprint density at radius 1 is 1.11 bits per heavy atom. The highest BCUT2D eigenvalue weighted by Crippen LogP contribution is 2.23. The van der Waals surface area contributed by atoms with Crippen LogP contribution in [0.1, 0.15) is 0 Å². The van der Waals surface area contributed by atoms with E-state index in [2.05, 4.69) is 34.8 Å². The van der Waals surface area contributed by atoms with Gasteiger partial charge in [-0.25, -0.2) is 4.68 Å². The number of fused-ring (bicyclic) bond motifs is 1. The fraction of sp³-hybridized carbons (Fsp3) is 0.471. The fourth-order valence-electron chi connectivity index (χ4n) is 2.53. The summed E-state index contributed by atoms with van der Waals surface area (Å²) in [7, 11) is -1.15. The monoisotopic (exact) mass is 397 g/mol. The predicted octanol–water partition coefficient (Wildman–Crippen LogP) is 4.17. The van der Waals surface area contributed by atoms with Crippen molar-refractivity contribution in [1.82, 2.24) is 24.5 Å². The summed E-state index contributed by atoms with van der Waals surface area (Å²) >= 11 is 0. The van der Waals surface area contributed by atoms with Crippen LogP contribution in [-0.4, -0.2) is 45.4 Å². The summed E-state index contributed by atoms with van der Waals surface area (Å²) < 4.78 is 45.8. The summed E-state index contributed by atoms with van der Waals surface area (Å²) in [6, 6.07) is 2.86. The molecule has 10 heteroatoms. The van der Waals surface area contributed by atoms with Gasteiger partial charge in [-0.05, 0) is 12.1 Å². The molecule has 0 saturated carbocycles. The summed E-state index contributed by atoms with van der Waals surface area (Å²) in [5.41, 5.74) is 1.88. The molecule has 0 amide bonds. The lowest BCUT2D eigenvalue weighted by atomic mass is 10.2. The molecule has 0 aliphatic heterocycles. The van der Waals surface area contributed by atoms with Crippen LogP contribution in [0.2, 0.25) is 25.7 Å². The molecule has 146 valence electrons. The van der Waals surface area contributed by atoms with Crippen molar-refractivity contribution in [3.05, 3.63) is 30.9 Å². The predicted molar refractivity (Wildman–Crippen MR) is 98.9 cm³/mol. The van der Waals surface area contributed by atoms with Crippen LogP contribution in [0.15, 0.2) is 30.9 Å². The highest BCUT2D eigenvalue weighted by Gasteiger charge is 2.28. The molecule has 0 saturated heterocycles. The second-order valence-electron chi connectivity index (χ2n) is 7.66. The van der Waals surface area contributed by atoms with Crippen molar-refractivity contribution in [3.8, 4) is 11.3 Å². The average molecular weight is 397 g/mol. The first-order valence-corrected chi connectivity index (χ1v) is 12.3. The van der Waals surface area contributed by atoms with Gasteiger partial charge in [0.05, 0.1) is 23.6 Å². The SMILES string of the molecule is C[Si](C)(C)CCOCn1ncc2cnc(-c3cnn(CC(F)(F)F)c3)cc21. The summed E-state index contributed by atoms with van der Waals surface area (Å²) in [5, 5.41) is 8.92. The molecule has 0 aliphatic carbocycles. The van der Waals surface area contributed by atoms with E-state index in [9.17, 15) is 13.2 Å². The minimum Gasteiger partial charge on any atom is -0.360 e. The smallest absolute Gasteiger partial charge is 0.360 e. The van der Waals surface area contributed by atoms with Crippen LogP contribution in [0.25, 0.3) is 22.2 Å². The highest BCUT2D eigenvalue weighted by molar-refractivity contribution is 6.76. The van der Waals surface area contributed by atoms with Gasteiger partial charge >= 0.3 is 6.18 Å². The Balaban J connectivity index is 1.75. The van der Waals surface area contributed by atoms with Gasteiger partial charge in [0.25, 0.3) is 0 Å². The first kappa shape index (κ1) is 19.6. The van der Waals surface area contributed by atoms with Crippen molar-refractivity contribution in [1.29, 1.82) is 0 Å². The minimum atomic E-state index is -4.31. The molecular formula is C17H22F3N5OSi. The van der Waals surface area contributed by atoms with E-state index in [1.54, 1.807) is 23.1 Å².